The van der Waals surface area contributed by atoms with Crippen LogP contribution in [-0.4, -0.2) is 53.1 Å². The number of nitrogens with zero attached hydrogens (tertiary/aromatic N) is 2. The van der Waals surface area contributed by atoms with Crippen molar-refractivity contribution >= 4 is 5.91 Å². The average molecular weight is 415 g/mol. The van der Waals surface area contributed by atoms with Crippen LogP contribution in [0, 0.1) is 11.7 Å². The van der Waals surface area contributed by atoms with Gasteiger partial charge in [-0.3, -0.25) is 9.69 Å². The monoisotopic (exact) mass is 414 g/mol. The van der Waals surface area contributed by atoms with Gasteiger partial charge in [0.15, 0.2) is 0 Å². The first-order chi connectivity index (χ1) is 14.6. The molecule has 4 nitrogen and oxygen atoms in total. The molecule has 4 fully saturated rings. The fraction of sp³-hybridized carbons (Fsp3) is 0.720. The molecule has 1 unspecified atom stereocenters. The molecule has 0 N–H and O–H groups in total. The molecule has 164 valence electrons. The molecule has 0 aromatic heterocycles. The van der Waals surface area contributed by atoms with Crippen LogP contribution in [0.5, 0.6) is 0 Å². The molecule has 5 rings (SSSR count). The zero-order valence-corrected chi connectivity index (χ0v) is 18.0. The van der Waals surface area contributed by atoms with E-state index >= 15 is 0 Å². The molecule has 1 aromatic rings. The molecule has 1 amide bonds. The van der Waals surface area contributed by atoms with Crippen LogP contribution in [0.3, 0.4) is 0 Å². The van der Waals surface area contributed by atoms with E-state index in [1.54, 1.807) is 12.1 Å². The van der Waals surface area contributed by atoms with Gasteiger partial charge in [0.2, 0.25) is 5.91 Å². The molecule has 1 atom stereocenters. The maximum Gasteiger partial charge on any atom is 0.225 e. The average Bonchev–Trinajstić information content (AvgIpc) is 3.46. The van der Waals surface area contributed by atoms with Gasteiger partial charge in [-0.2, -0.15) is 0 Å². The number of hydrogen-bond donors (Lipinski definition) is 0. The molecule has 5 heteroatoms. The Morgan fingerprint density at radius 2 is 1.73 bits per heavy atom. The maximum absolute atomic E-state index is 13.3. The third-order valence-corrected chi connectivity index (χ3v) is 7.92. The fourth-order valence-electron chi connectivity index (χ4n) is 5.96. The molecule has 2 heterocycles. The third-order valence-electron chi connectivity index (χ3n) is 7.92. The van der Waals surface area contributed by atoms with E-state index in [-0.39, 0.29) is 17.3 Å². The number of ether oxygens (including phenoxy) is 1. The first kappa shape index (κ1) is 20.4. The van der Waals surface area contributed by atoms with Gasteiger partial charge in [0.25, 0.3) is 0 Å². The highest BCUT2D eigenvalue weighted by atomic mass is 19.1. The first-order valence-electron chi connectivity index (χ1n) is 12.0. The van der Waals surface area contributed by atoms with Crippen LogP contribution in [0.1, 0.15) is 69.8 Å². The number of likely N-dealkylation sites (tertiary alicyclic amines) is 1. The molecule has 1 spiro atoms. The van der Waals surface area contributed by atoms with E-state index in [0.29, 0.717) is 18.0 Å². The number of rotatable bonds is 5. The molecular weight excluding hydrogens is 379 g/mol. The summed E-state index contributed by atoms with van der Waals surface area (Å²) in [6, 6.07) is 8.18. The van der Waals surface area contributed by atoms with Crippen molar-refractivity contribution in [2.45, 2.75) is 88.4 Å². The smallest absolute Gasteiger partial charge is 0.225 e. The van der Waals surface area contributed by atoms with Gasteiger partial charge < -0.3 is 9.64 Å². The Balaban J connectivity index is 1.21. The van der Waals surface area contributed by atoms with E-state index in [1.807, 2.05) is 12.1 Å². The Morgan fingerprint density at radius 3 is 2.40 bits per heavy atom. The van der Waals surface area contributed by atoms with Gasteiger partial charge in [0.05, 0.1) is 5.60 Å². The lowest BCUT2D eigenvalue weighted by Crippen LogP contribution is -2.55. The van der Waals surface area contributed by atoms with Crippen LogP contribution >= 0.6 is 0 Å². The molecule has 2 saturated carbocycles. The predicted octanol–water partition coefficient (Wildman–Crippen LogP) is 4.52. The normalized spacial score (nSPS) is 27.1. The van der Waals surface area contributed by atoms with Gasteiger partial charge in [-0.1, -0.05) is 25.0 Å². The topological polar surface area (TPSA) is 32.8 Å². The van der Waals surface area contributed by atoms with E-state index in [1.165, 1.54) is 31.2 Å². The largest absolute Gasteiger partial charge is 0.375 e. The number of halogens is 1. The van der Waals surface area contributed by atoms with Crippen molar-refractivity contribution < 1.29 is 13.9 Å². The fourth-order valence-corrected chi connectivity index (χ4v) is 5.96. The van der Waals surface area contributed by atoms with Crippen LogP contribution in [-0.2, 0) is 16.1 Å². The Morgan fingerprint density at radius 1 is 1.03 bits per heavy atom. The van der Waals surface area contributed by atoms with Gasteiger partial charge >= 0.3 is 0 Å². The van der Waals surface area contributed by atoms with E-state index in [0.717, 1.165) is 64.8 Å². The Hall–Kier alpha value is -1.46. The third kappa shape index (κ3) is 4.43. The molecule has 30 heavy (non-hydrogen) atoms. The minimum absolute atomic E-state index is 0.0642. The highest BCUT2D eigenvalue weighted by Crippen LogP contribution is 2.41. The summed E-state index contributed by atoms with van der Waals surface area (Å²) >= 11 is 0. The highest BCUT2D eigenvalue weighted by Gasteiger charge is 2.45. The summed E-state index contributed by atoms with van der Waals surface area (Å²) in [6.07, 6.45) is 11.2. The quantitative estimate of drug-likeness (QED) is 0.710. The zero-order chi connectivity index (χ0) is 20.6. The molecule has 0 bridgehead atoms. The van der Waals surface area contributed by atoms with Crippen molar-refractivity contribution in [3.63, 3.8) is 0 Å². The molecule has 4 aliphatic rings. The van der Waals surface area contributed by atoms with Crippen molar-refractivity contribution in [1.82, 2.24) is 9.80 Å². The van der Waals surface area contributed by atoms with Crippen molar-refractivity contribution in [3.05, 3.63) is 35.6 Å². The number of hydrogen-bond acceptors (Lipinski definition) is 3. The van der Waals surface area contributed by atoms with E-state index in [4.69, 9.17) is 4.74 Å². The van der Waals surface area contributed by atoms with Gasteiger partial charge in [-0.25, -0.2) is 4.39 Å². The molecule has 0 radical (unpaired) electrons. The van der Waals surface area contributed by atoms with Crippen LogP contribution < -0.4 is 0 Å². The number of amides is 1. The van der Waals surface area contributed by atoms with Gasteiger partial charge in [0, 0.05) is 44.2 Å². The first-order valence-corrected chi connectivity index (χ1v) is 12.0. The molecule has 1 aromatic carbocycles. The number of carbonyl (C=O) groups excluding carboxylic acids is 1. The maximum atomic E-state index is 13.3. The summed E-state index contributed by atoms with van der Waals surface area (Å²) in [5.41, 5.74) is 1.13. The molecular formula is C25H35FN2O2. The standard InChI is InChI=1S/C25H35FN2O2/c26-21-7-5-19(6-8-21)18-28(22-9-10-22)23-11-16-30-25(17-23)12-14-27(15-13-25)24(29)20-3-1-2-4-20/h5-8,20,22-23H,1-4,9-18H2. The van der Waals surface area contributed by atoms with Crippen molar-refractivity contribution in [3.8, 4) is 0 Å². The highest BCUT2D eigenvalue weighted by molar-refractivity contribution is 5.79. The molecule has 2 saturated heterocycles. The Kier molecular flexibility index (Phi) is 5.85. The summed E-state index contributed by atoms with van der Waals surface area (Å²) in [6.45, 7) is 3.42. The van der Waals surface area contributed by atoms with Crippen LogP contribution in [0.25, 0.3) is 0 Å². The van der Waals surface area contributed by atoms with Crippen molar-refractivity contribution in [2.24, 2.45) is 5.92 Å². The second kappa shape index (κ2) is 8.58. The Bertz CT molecular complexity index is 734. The lowest BCUT2D eigenvalue weighted by atomic mass is 9.81. The van der Waals surface area contributed by atoms with Gasteiger partial charge in [-0.05, 0) is 69.1 Å². The number of piperidine rings is 1. The van der Waals surface area contributed by atoms with Crippen LogP contribution in [0.4, 0.5) is 4.39 Å². The van der Waals surface area contributed by atoms with Crippen molar-refractivity contribution in [1.29, 1.82) is 0 Å². The van der Waals surface area contributed by atoms with E-state index in [2.05, 4.69) is 9.80 Å². The summed E-state index contributed by atoms with van der Waals surface area (Å²) in [5, 5.41) is 0. The zero-order valence-electron chi connectivity index (χ0n) is 18.0. The van der Waals surface area contributed by atoms with E-state index < -0.39 is 0 Å². The second-order valence-corrected chi connectivity index (χ2v) is 10.0. The summed E-state index contributed by atoms with van der Waals surface area (Å²) in [7, 11) is 0. The second-order valence-electron chi connectivity index (χ2n) is 10.0. The minimum Gasteiger partial charge on any atom is -0.375 e. The van der Waals surface area contributed by atoms with Gasteiger partial charge in [0.1, 0.15) is 5.82 Å². The minimum atomic E-state index is -0.166. The lowest BCUT2D eigenvalue weighted by Gasteiger charge is -2.49. The van der Waals surface area contributed by atoms with Crippen LogP contribution in [0.2, 0.25) is 0 Å². The lowest BCUT2D eigenvalue weighted by molar-refractivity contribution is -0.152. The summed E-state index contributed by atoms with van der Waals surface area (Å²) in [5.74, 6) is 0.506. The number of benzene rings is 1. The Labute approximate surface area is 179 Å². The summed E-state index contributed by atoms with van der Waals surface area (Å²) in [4.78, 5) is 17.6. The van der Waals surface area contributed by atoms with E-state index in [9.17, 15) is 9.18 Å². The van der Waals surface area contributed by atoms with Crippen LogP contribution in [0.15, 0.2) is 24.3 Å². The molecule has 2 aliphatic heterocycles. The predicted molar refractivity (Wildman–Crippen MR) is 114 cm³/mol. The molecule has 2 aliphatic carbocycles. The number of carbonyl (C=O) groups is 1. The van der Waals surface area contributed by atoms with Crippen molar-refractivity contribution in [2.75, 3.05) is 19.7 Å². The SMILES string of the molecule is O=C(C1CCCC1)N1CCC2(CC1)CC(N(Cc1ccc(F)cc1)C1CC1)CCO2. The summed E-state index contributed by atoms with van der Waals surface area (Å²) < 4.78 is 19.7. The van der Waals surface area contributed by atoms with Gasteiger partial charge in [-0.15, -0.1) is 0 Å².